The highest BCUT2D eigenvalue weighted by Crippen LogP contribution is 2.22. The van der Waals surface area contributed by atoms with Crippen LogP contribution in [0.4, 0.5) is 0 Å². The number of amides is 1. The van der Waals surface area contributed by atoms with Crippen LogP contribution in [0.25, 0.3) is 0 Å². The average Bonchev–Trinajstić information content (AvgIpc) is 2.92. The van der Waals surface area contributed by atoms with Crippen LogP contribution in [-0.2, 0) is 4.79 Å². The molecule has 6 heteroatoms. The van der Waals surface area contributed by atoms with Crippen molar-refractivity contribution in [3.63, 3.8) is 0 Å². The Morgan fingerprint density at radius 3 is 2.90 bits per heavy atom. The van der Waals surface area contributed by atoms with E-state index in [2.05, 4.69) is 54.1 Å². The smallest absolute Gasteiger partial charge is 0.237 e. The van der Waals surface area contributed by atoms with E-state index in [-0.39, 0.29) is 30.4 Å². The predicted molar refractivity (Wildman–Crippen MR) is 91.2 cm³/mol. The van der Waals surface area contributed by atoms with Gasteiger partial charge >= 0.3 is 0 Å². The summed E-state index contributed by atoms with van der Waals surface area (Å²) in [5, 5.41) is 8.50. The molecule has 2 N–H and O–H groups in total. The number of likely N-dealkylation sites (N-methyl/N-ethyl adjacent to an activating group) is 1. The van der Waals surface area contributed by atoms with Gasteiger partial charge in [0.1, 0.15) is 0 Å². The molecule has 1 aliphatic rings. The molecule has 0 bridgehead atoms. The lowest BCUT2D eigenvalue weighted by Gasteiger charge is -2.29. The molecule has 2 rings (SSSR count). The minimum atomic E-state index is -0.0232. The zero-order chi connectivity index (χ0) is 14.5. The minimum absolute atomic E-state index is 0. The summed E-state index contributed by atoms with van der Waals surface area (Å²) in [5.74, 6) is 0.772. The molecule has 120 valence electrons. The lowest BCUT2D eigenvalue weighted by molar-refractivity contribution is -0.124. The number of nitrogens with zero attached hydrogens (tertiary/aromatic N) is 1. The second kappa shape index (κ2) is 8.73. The first-order valence-electron chi connectivity index (χ1n) is 7.29. The highest BCUT2D eigenvalue weighted by atomic mass is 35.5. The van der Waals surface area contributed by atoms with Gasteiger partial charge in [0.15, 0.2) is 0 Å². The number of rotatable bonds is 5. The summed E-state index contributed by atoms with van der Waals surface area (Å²) < 4.78 is 0. The van der Waals surface area contributed by atoms with Crippen LogP contribution in [0.1, 0.15) is 30.7 Å². The number of piperidine rings is 1. The summed E-state index contributed by atoms with van der Waals surface area (Å²) in [6.07, 6.45) is 2.11. The topological polar surface area (TPSA) is 44.4 Å². The van der Waals surface area contributed by atoms with Crippen LogP contribution < -0.4 is 10.6 Å². The number of hydrogen-bond donors (Lipinski definition) is 2. The predicted octanol–water partition coefficient (Wildman–Crippen LogP) is 2.28. The number of thiophene rings is 1. The molecule has 0 saturated carbocycles. The molecule has 0 spiro atoms. The van der Waals surface area contributed by atoms with E-state index < -0.39 is 0 Å². The van der Waals surface area contributed by atoms with Crippen molar-refractivity contribution >= 4 is 29.7 Å². The first kappa shape index (κ1) is 18.4. The molecular weight excluding hydrogens is 306 g/mol. The van der Waals surface area contributed by atoms with Crippen molar-refractivity contribution in [1.29, 1.82) is 0 Å². The van der Waals surface area contributed by atoms with Crippen LogP contribution in [0.15, 0.2) is 17.5 Å². The van der Waals surface area contributed by atoms with Gasteiger partial charge in [-0.1, -0.05) is 13.0 Å². The van der Waals surface area contributed by atoms with Gasteiger partial charge in [-0.15, -0.1) is 23.7 Å². The molecule has 0 radical (unpaired) electrons. The largest absolute Gasteiger partial charge is 0.353 e. The van der Waals surface area contributed by atoms with Gasteiger partial charge in [0, 0.05) is 11.4 Å². The van der Waals surface area contributed by atoms with E-state index in [4.69, 9.17) is 0 Å². The van der Waals surface area contributed by atoms with E-state index in [0.29, 0.717) is 12.5 Å². The summed E-state index contributed by atoms with van der Waals surface area (Å²) in [6, 6.07) is 4.41. The van der Waals surface area contributed by atoms with E-state index in [9.17, 15) is 4.79 Å². The molecule has 1 saturated heterocycles. The van der Waals surface area contributed by atoms with Crippen LogP contribution in [0.2, 0.25) is 0 Å². The van der Waals surface area contributed by atoms with Crippen molar-refractivity contribution in [2.45, 2.75) is 31.8 Å². The third-order valence-corrected chi connectivity index (χ3v) is 4.92. The quantitative estimate of drug-likeness (QED) is 0.870. The lowest BCUT2D eigenvalue weighted by Crippen LogP contribution is -2.49. The van der Waals surface area contributed by atoms with Crippen molar-refractivity contribution in [3.8, 4) is 0 Å². The molecule has 1 amide bonds. The van der Waals surface area contributed by atoms with Crippen LogP contribution in [-0.4, -0.2) is 44.0 Å². The maximum atomic E-state index is 12.3. The molecule has 1 aliphatic heterocycles. The molecule has 1 aromatic heterocycles. The number of halogens is 1. The summed E-state index contributed by atoms with van der Waals surface area (Å²) in [5.41, 5.74) is 0. The first-order chi connectivity index (χ1) is 9.58. The summed E-state index contributed by atoms with van der Waals surface area (Å²) in [4.78, 5) is 15.7. The molecule has 21 heavy (non-hydrogen) atoms. The normalized spacial score (nSPS) is 23.4. The zero-order valence-corrected chi connectivity index (χ0v) is 14.6. The Morgan fingerprint density at radius 1 is 1.57 bits per heavy atom. The van der Waals surface area contributed by atoms with Crippen LogP contribution >= 0.6 is 23.7 Å². The lowest BCUT2D eigenvalue weighted by atomic mass is 9.94. The molecule has 1 fully saturated rings. The van der Waals surface area contributed by atoms with Gasteiger partial charge in [0.2, 0.25) is 5.91 Å². The van der Waals surface area contributed by atoms with Crippen molar-refractivity contribution in [2.75, 3.05) is 27.2 Å². The average molecular weight is 332 g/mol. The van der Waals surface area contributed by atoms with Crippen LogP contribution in [0, 0.1) is 5.92 Å². The Balaban J connectivity index is 0.00000220. The molecule has 0 aromatic carbocycles. The standard InChI is InChI=1S/C15H25N3OS.ClH/c1-11-6-7-16-12(9-11)15(19)17-10-13(18(2)3)14-5-4-8-20-14;/h4-5,8,11-13,16H,6-7,9-10H2,1-3H3,(H,17,19);1H. The summed E-state index contributed by atoms with van der Waals surface area (Å²) >= 11 is 1.74. The van der Waals surface area contributed by atoms with Crippen molar-refractivity contribution < 1.29 is 4.79 Å². The zero-order valence-electron chi connectivity index (χ0n) is 13.0. The van der Waals surface area contributed by atoms with Crippen molar-refractivity contribution in [3.05, 3.63) is 22.4 Å². The Bertz CT molecular complexity index is 425. The molecule has 2 heterocycles. The monoisotopic (exact) mass is 331 g/mol. The van der Waals surface area contributed by atoms with Gasteiger partial charge in [-0.05, 0) is 50.8 Å². The van der Waals surface area contributed by atoms with Crippen molar-refractivity contribution in [2.24, 2.45) is 5.92 Å². The number of carbonyl (C=O) groups excluding carboxylic acids is 1. The van der Waals surface area contributed by atoms with E-state index in [1.165, 1.54) is 11.3 Å². The van der Waals surface area contributed by atoms with Gasteiger partial charge in [-0.3, -0.25) is 4.79 Å². The third kappa shape index (κ3) is 5.25. The third-order valence-electron chi connectivity index (χ3n) is 3.95. The molecule has 0 aliphatic carbocycles. The second-order valence-electron chi connectivity index (χ2n) is 5.88. The van der Waals surface area contributed by atoms with Crippen LogP contribution in [0.3, 0.4) is 0 Å². The van der Waals surface area contributed by atoms with E-state index in [1.807, 2.05) is 0 Å². The highest BCUT2D eigenvalue weighted by Gasteiger charge is 2.25. The molecule has 1 aromatic rings. The maximum Gasteiger partial charge on any atom is 0.237 e. The molecular formula is C15H26ClN3OS. The molecule has 3 unspecified atom stereocenters. The fraction of sp³-hybridized carbons (Fsp3) is 0.667. The second-order valence-corrected chi connectivity index (χ2v) is 6.86. The minimum Gasteiger partial charge on any atom is -0.353 e. The Hall–Kier alpha value is -0.620. The van der Waals surface area contributed by atoms with Gasteiger partial charge in [-0.25, -0.2) is 0 Å². The Kier molecular flexibility index (Phi) is 7.66. The summed E-state index contributed by atoms with van der Waals surface area (Å²) in [6.45, 7) is 3.83. The van der Waals surface area contributed by atoms with Gasteiger partial charge in [0.25, 0.3) is 0 Å². The van der Waals surface area contributed by atoms with E-state index in [0.717, 1.165) is 13.0 Å². The molecule has 3 atom stereocenters. The van der Waals surface area contributed by atoms with Gasteiger partial charge in [-0.2, -0.15) is 0 Å². The highest BCUT2D eigenvalue weighted by molar-refractivity contribution is 7.10. The van der Waals surface area contributed by atoms with Crippen LogP contribution in [0.5, 0.6) is 0 Å². The van der Waals surface area contributed by atoms with E-state index >= 15 is 0 Å². The fourth-order valence-corrected chi connectivity index (χ4v) is 3.57. The van der Waals surface area contributed by atoms with Crippen molar-refractivity contribution in [1.82, 2.24) is 15.5 Å². The number of carbonyl (C=O) groups is 1. The Morgan fingerprint density at radius 2 is 2.33 bits per heavy atom. The number of hydrogen-bond acceptors (Lipinski definition) is 4. The van der Waals surface area contributed by atoms with Gasteiger partial charge < -0.3 is 15.5 Å². The van der Waals surface area contributed by atoms with Gasteiger partial charge in [0.05, 0.1) is 12.1 Å². The fourth-order valence-electron chi connectivity index (χ4n) is 2.65. The first-order valence-corrected chi connectivity index (χ1v) is 8.17. The molecule has 4 nitrogen and oxygen atoms in total. The summed E-state index contributed by atoms with van der Waals surface area (Å²) in [7, 11) is 4.11. The van der Waals surface area contributed by atoms with E-state index in [1.54, 1.807) is 11.3 Å². The SMILES string of the molecule is CC1CCNC(C(=O)NCC(c2cccs2)N(C)C)C1.Cl. The number of nitrogens with one attached hydrogen (secondary N) is 2. The Labute approximate surface area is 137 Å². The maximum absolute atomic E-state index is 12.3.